The van der Waals surface area contributed by atoms with Crippen LogP contribution in [0.25, 0.3) is 0 Å². The van der Waals surface area contributed by atoms with Gasteiger partial charge in [0, 0.05) is 26.2 Å². The molecule has 0 saturated carbocycles. The van der Waals surface area contributed by atoms with Gasteiger partial charge in [-0.25, -0.2) is 4.90 Å². The van der Waals surface area contributed by atoms with Crippen molar-refractivity contribution >= 4 is 23.2 Å². The van der Waals surface area contributed by atoms with Crippen LogP contribution in [0.4, 0.5) is 11.4 Å². The Kier molecular flexibility index (Phi) is 4.34. The zero-order chi connectivity index (χ0) is 18.1. The molecule has 2 heterocycles. The van der Waals surface area contributed by atoms with Gasteiger partial charge in [-0.15, -0.1) is 0 Å². The minimum absolute atomic E-state index is 0.141. The van der Waals surface area contributed by atoms with Crippen molar-refractivity contribution in [2.24, 2.45) is 0 Å². The SMILES string of the molecule is O=C1C[C@H](N2CCN(c3ccccc3O)CC2)C(=O)N1c1ccccc1. The molecule has 1 atom stereocenters. The molecule has 6 heteroatoms. The van der Waals surface area contributed by atoms with Crippen molar-refractivity contribution in [1.29, 1.82) is 0 Å². The molecule has 134 valence electrons. The molecule has 2 aromatic carbocycles. The van der Waals surface area contributed by atoms with Crippen molar-refractivity contribution in [2.45, 2.75) is 12.5 Å². The Balaban J connectivity index is 1.44. The van der Waals surface area contributed by atoms with Gasteiger partial charge < -0.3 is 10.0 Å². The number of nitrogens with zero attached hydrogens (tertiary/aromatic N) is 3. The number of carbonyl (C=O) groups excluding carboxylic acids is 2. The molecule has 0 aliphatic carbocycles. The summed E-state index contributed by atoms with van der Waals surface area (Å²) in [7, 11) is 0. The highest BCUT2D eigenvalue weighted by Crippen LogP contribution is 2.29. The van der Waals surface area contributed by atoms with E-state index < -0.39 is 6.04 Å². The molecule has 0 spiro atoms. The molecule has 2 fully saturated rings. The summed E-state index contributed by atoms with van der Waals surface area (Å²) in [6, 6.07) is 16.0. The summed E-state index contributed by atoms with van der Waals surface area (Å²) in [5.41, 5.74) is 1.45. The first-order chi connectivity index (χ1) is 12.6. The molecule has 2 aliphatic rings. The van der Waals surface area contributed by atoms with E-state index >= 15 is 0 Å². The van der Waals surface area contributed by atoms with Crippen LogP contribution < -0.4 is 9.80 Å². The molecule has 2 aromatic rings. The van der Waals surface area contributed by atoms with Crippen LogP contribution in [0.3, 0.4) is 0 Å². The highest BCUT2D eigenvalue weighted by molar-refractivity contribution is 6.22. The van der Waals surface area contributed by atoms with Gasteiger partial charge in [-0.05, 0) is 24.3 Å². The average molecular weight is 351 g/mol. The Hall–Kier alpha value is -2.86. The Morgan fingerprint density at radius 1 is 0.846 bits per heavy atom. The van der Waals surface area contributed by atoms with Crippen LogP contribution >= 0.6 is 0 Å². The minimum atomic E-state index is -0.394. The van der Waals surface area contributed by atoms with Crippen molar-refractivity contribution in [3.63, 3.8) is 0 Å². The highest BCUT2D eigenvalue weighted by Gasteiger charge is 2.43. The molecule has 2 saturated heterocycles. The fraction of sp³-hybridized carbons (Fsp3) is 0.300. The molecule has 1 N–H and O–H groups in total. The third-order valence-electron chi connectivity index (χ3n) is 5.11. The molecule has 26 heavy (non-hydrogen) atoms. The van der Waals surface area contributed by atoms with Crippen LogP contribution in [-0.4, -0.2) is 54.0 Å². The van der Waals surface area contributed by atoms with Gasteiger partial charge in [-0.2, -0.15) is 0 Å². The summed E-state index contributed by atoms with van der Waals surface area (Å²) in [5.74, 6) is -0.0186. The van der Waals surface area contributed by atoms with E-state index in [9.17, 15) is 14.7 Å². The third kappa shape index (κ3) is 2.93. The molecule has 0 unspecified atom stereocenters. The summed E-state index contributed by atoms with van der Waals surface area (Å²) in [4.78, 5) is 30.7. The fourth-order valence-electron chi connectivity index (χ4n) is 3.76. The van der Waals surface area contributed by atoms with Crippen LogP contribution in [0.5, 0.6) is 5.75 Å². The Labute approximate surface area is 152 Å². The summed E-state index contributed by atoms with van der Waals surface area (Å²) in [6.07, 6.45) is 0.227. The largest absolute Gasteiger partial charge is 0.506 e. The van der Waals surface area contributed by atoms with Gasteiger partial charge in [-0.1, -0.05) is 30.3 Å². The zero-order valence-corrected chi connectivity index (χ0v) is 14.4. The zero-order valence-electron chi connectivity index (χ0n) is 14.4. The standard InChI is InChI=1S/C20H21N3O3/c24-18-9-5-4-8-16(18)21-10-12-22(13-11-21)17-14-19(25)23(20(17)26)15-6-2-1-3-7-15/h1-9,17,24H,10-14H2/t17-/m0/s1. The molecule has 4 rings (SSSR count). The van der Waals surface area contributed by atoms with E-state index in [0.29, 0.717) is 31.9 Å². The van der Waals surface area contributed by atoms with Crippen LogP contribution in [0.1, 0.15) is 6.42 Å². The maximum absolute atomic E-state index is 12.8. The van der Waals surface area contributed by atoms with E-state index in [2.05, 4.69) is 9.80 Å². The Morgan fingerprint density at radius 3 is 2.19 bits per heavy atom. The van der Waals surface area contributed by atoms with Crippen LogP contribution in [-0.2, 0) is 9.59 Å². The number of anilines is 2. The predicted molar refractivity (Wildman–Crippen MR) is 99.2 cm³/mol. The van der Waals surface area contributed by atoms with E-state index in [1.54, 1.807) is 24.3 Å². The van der Waals surface area contributed by atoms with Crippen LogP contribution in [0.15, 0.2) is 54.6 Å². The van der Waals surface area contributed by atoms with Crippen molar-refractivity contribution in [2.75, 3.05) is 36.0 Å². The van der Waals surface area contributed by atoms with Gasteiger partial charge in [0.1, 0.15) is 5.75 Å². The topological polar surface area (TPSA) is 64.1 Å². The number of phenols is 1. The maximum atomic E-state index is 12.8. The summed E-state index contributed by atoms with van der Waals surface area (Å²) in [6.45, 7) is 2.78. The number of para-hydroxylation sites is 3. The number of aromatic hydroxyl groups is 1. The normalized spacial score (nSPS) is 21.5. The second kappa shape index (κ2) is 6.80. The minimum Gasteiger partial charge on any atom is -0.506 e. The van der Waals surface area contributed by atoms with Crippen LogP contribution in [0.2, 0.25) is 0 Å². The molecular weight excluding hydrogens is 330 g/mol. The van der Waals surface area contributed by atoms with Crippen molar-refractivity contribution in [1.82, 2.24) is 4.90 Å². The lowest BCUT2D eigenvalue weighted by Gasteiger charge is -2.38. The molecular formula is C20H21N3O3. The first-order valence-electron chi connectivity index (χ1n) is 8.84. The maximum Gasteiger partial charge on any atom is 0.251 e. The van der Waals surface area contributed by atoms with Gasteiger partial charge in [-0.3, -0.25) is 14.5 Å². The van der Waals surface area contributed by atoms with E-state index in [1.807, 2.05) is 30.3 Å². The number of benzene rings is 2. The van der Waals surface area contributed by atoms with Gasteiger partial charge in [0.2, 0.25) is 5.91 Å². The first-order valence-corrected chi connectivity index (χ1v) is 8.84. The highest BCUT2D eigenvalue weighted by atomic mass is 16.3. The average Bonchev–Trinajstić information content (AvgIpc) is 2.97. The van der Waals surface area contributed by atoms with Crippen molar-refractivity contribution < 1.29 is 14.7 Å². The number of amides is 2. The van der Waals surface area contributed by atoms with Gasteiger partial charge in [0.05, 0.1) is 23.8 Å². The lowest BCUT2D eigenvalue weighted by Crippen LogP contribution is -2.52. The Bertz CT molecular complexity index is 816. The summed E-state index contributed by atoms with van der Waals surface area (Å²) < 4.78 is 0. The number of hydrogen-bond donors (Lipinski definition) is 1. The van der Waals surface area contributed by atoms with Gasteiger partial charge >= 0.3 is 0 Å². The van der Waals surface area contributed by atoms with E-state index in [0.717, 1.165) is 5.69 Å². The molecule has 2 aliphatic heterocycles. The van der Waals surface area contributed by atoms with Gasteiger partial charge in [0.15, 0.2) is 0 Å². The summed E-state index contributed by atoms with van der Waals surface area (Å²) in [5, 5.41) is 10.0. The second-order valence-electron chi connectivity index (χ2n) is 6.63. The first kappa shape index (κ1) is 16.6. The molecule has 0 radical (unpaired) electrons. The summed E-state index contributed by atoms with van der Waals surface area (Å²) >= 11 is 0. The smallest absolute Gasteiger partial charge is 0.251 e. The van der Waals surface area contributed by atoms with Crippen molar-refractivity contribution in [3.8, 4) is 5.75 Å². The molecule has 0 bridgehead atoms. The number of carbonyl (C=O) groups is 2. The van der Waals surface area contributed by atoms with Crippen molar-refractivity contribution in [3.05, 3.63) is 54.6 Å². The number of phenolic OH excluding ortho intramolecular Hbond substituents is 1. The van der Waals surface area contributed by atoms with E-state index in [-0.39, 0.29) is 24.0 Å². The molecule has 0 aromatic heterocycles. The monoisotopic (exact) mass is 351 g/mol. The number of imide groups is 1. The molecule has 2 amide bonds. The van der Waals surface area contributed by atoms with E-state index in [4.69, 9.17) is 0 Å². The van der Waals surface area contributed by atoms with Gasteiger partial charge in [0.25, 0.3) is 5.91 Å². The number of piperazine rings is 1. The second-order valence-corrected chi connectivity index (χ2v) is 6.63. The Morgan fingerprint density at radius 2 is 1.50 bits per heavy atom. The quantitative estimate of drug-likeness (QED) is 0.855. The van der Waals surface area contributed by atoms with Crippen LogP contribution in [0, 0.1) is 0 Å². The van der Waals surface area contributed by atoms with E-state index in [1.165, 1.54) is 4.90 Å². The third-order valence-corrected chi connectivity index (χ3v) is 5.11. The lowest BCUT2D eigenvalue weighted by atomic mass is 10.1. The molecule has 6 nitrogen and oxygen atoms in total. The fourth-order valence-corrected chi connectivity index (χ4v) is 3.76. The number of hydrogen-bond acceptors (Lipinski definition) is 5. The number of rotatable bonds is 3. The predicted octanol–water partition coefficient (Wildman–Crippen LogP) is 1.85. The lowest BCUT2D eigenvalue weighted by molar-refractivity contribution is -0.123.